The molecular weight excluding hydrogens is 416 g/mol. The van der Waals surface area contributed by atoms with E-state index in [0.29, 0.717) is 5.69 Å². The van der Waals surface area contributed by atoms with E-state index in [1.807, 2.05) is 18.3 Å². The number of piperazine rings is 1. The maximum atomic E-state index is 6.57. The van der Waals surface area contributed by atoms with E-state index in [0.717, 1.165) is 52.8 Å². The number of pyridine rings is 1. The zero-order valence-electron chi connectivity index (χ0n) is 18.3. The fourth-order valence-corrected chi connectivity index (χ4v) is 5.13. The van der Waals surface area contributed by atoms with Crippen molar-refractivity contribution in [3.05, 3.63) is 72.2 Å². The molecule has 2 aromatic heterocycles. The number of fused-ring (bicyclic) bond motifs is 1. The predicted molar refractivity (Wildman–Crippen MR) is 133 cm³/mol. The summed E-state index contributed by atoms with van der Waals surface area (Å²) >= 11 is 1.55. The third-order valence-corrected chi connectivity index (χ3v) is 7.19. The highest BCUT2D eigenvalue weighted by atomic mass is 32.2. The lowest BCUT2D eigenvalue weighted by atomic mass is 10.1. The monoisotopic (exact) mass is 442 g/mol. The number of nitrogens with two attached hydrogens (primary N) is 1. The molecule has 0 atom stereocenters. The smallest absolute Gasteiger partial charge is 0.156 e. The fraction of sp³-hybridized carbons (Fsp3) is 0.240. The molecule has 162 valence electrons. The SMILES string of the molecule is Cc1cccc(N2CCN(c3ncnc(Sc4cccc5cccnc45)c3N)CC2)c1C. The highest BCUT2D eigenvalue weighted by Crippen LogP contribution is 2.37. The molecule has 0 saturated carbocycles. The topological polar surface area (TPSA) is 71.2 Å². The molecular formula is C25H26N6S. The summed E-state index contributed by atoms with van der Waals surface area (Å²) in [5, 5.41) is 1.87. The van der Waals surface area contributed by atoms with Gasteiger partial charge in [0.05, 0.1) is 5.52 Å². The Morgan fingerprint density at radius 1 is 0.844 bits per heavy atom. The first kappa shape index (κ1) is 20.6. The molecule has 0 aliphatic carbocycles. The Morgan fingerprint density at radius 2 is 1.59 bits per heavy atom. The van der Waals surface area contributed by atoms with Gasteiger partial charge in [0.15, 0.2) is 5.82 Å². The van der Waals surface area contributed by atoms with Crippen LogP contribution < -0.4 is 15.5 Å². The second-order valence-electron chi connectivity index (χ2n) is 8.04. The first-order chi connectivity index (χ1) is 15.6. The van der Waals surface area contributed by atoms with Crippen molar-refractivity contribution in [2.24, 2.45) is 0 Å². The number of hydrogen-bond donors (Lipinski definition) is 1. The van der Waals surface area contributed by atoms with Gasteiger partial charge in [0.2, 0.25) is 0 Å². The van der Waals surface area contributed by atoms with Crippen molar-refractivity contribution < 1.29 is 0 Å². The van der Waals surface area contributed by atoms with Crippen molar-refractivity contribution in [2.45, 2.75) is 23.8 Å². The molecule has 32 heavy (non-hydrogen) atoms. The van der Waals surface area contributed by atoms with Crippen LogP contribution in [0, 0.1) is 13.8 Å². The normalized spacial score (nSPS) is 14.2. The lowest BCUT2D eigenvalue weighted by Crippen LogP contribution is -2.47. The van der Waals surface area contributed by atoms with E-state index < -0.39 is 0 Å². The molecule has 2 N–H and O–H groups in total. The molecule has 0 unspecified atom stereocenters. The second-order valence-corrected chi connectivity index (χ2v) is 9.07. The van der Waals surface area contributed by atoms with Crippen LogP contribution in [0.4, 0.5) is 17.2 Å². The fourth-order valence-electron chi connectivity index (χ4n) is 4.20. The van der Waals surface area contributed by atoms with E-state index in [2.05, 4.69) is 75.0 Å². The van der Waals surface area contributed by atoms with Crippen LogP contribution in [0.2, 0.25) is 0 Å². The zero-order valence-corrected chi connectivity index (χ0v) is 19.1. The average Bonchev–Trinajstić information content (AvgIpc) is 2.83. The lowest BCUT2D eigenvalue weighted by molar-refractivity contribution is 0.645. The minimum Gasteiger partial charge on any atom is -0.394 e. The third kappa shape index (κ3) is 3.84. The van der Waals surface area contributed by atoms with E-state index >= 15 is 0 Å². The largest absolute Gasteiger partial charge is 0.394 e. The van der Waals surface area contributed by atoms with Crippen LogP contribution in [0.15, 0.2) is 71.0 Å². The van der Waals surface area contributed by atoms with Crippen molar-refractivity contribution in [2.75, 3.05) is 41.7 Å². The quantitative estimate of drug-likeness (QED) is 0.459. The summed E-state index contributed by atoms with van der Waals surface area (Å²) in [6, 6.07) is 16.7. The van der Waals surface area contributed by atoms with E-state index in [4.69, 9.17) is 5.73 Å². The Kier molecular flexibility index (Phi) is 5.57. The van der Waals surface area contributed by atoms with Crippen LogP contribution in [-0.4, -0.2) is 41.1 Å². The van der Waals surface area contributed by atoms with Gasteiger partial charge < -0.3 is 15.5 Å². The Morgan fingerprint density at radius 3 is 2.44 bits per heavy atom. The average molecular weight is 443 g/mol. The van der Waals surface area contributed by atoms with Crippen LogP contribution in [0.5, 0.6) is 0 Å². The van der Waals surface area contributed by atoms with Gasteiger partial charge in [0, 0.05) is 48.3 Å². The Balaban J connectivity index is 1.36. The minimum atomic E-state index is 0.630. The van der Waals surface area contributed by atoms with Gasteiger partial charge in [-0.2, -0.15) is 0 Å². The second kappa shape index (κ2) is 8.67. The summed E-state index contributed by atoms with van der Waals surface area (Å²) in [6.45, 7) is 7.97. The molecule has 2 aromatic carbocycles. The number of nitrogens with zero attached hydrogens (tertiary/aromatic N) is 5. The van der Waals surface area contributed by atoms with E-state index in [9.17, 15) is 0 Å². The van der Waals surface area contributed by atoms with Gasteiger partial charge >= 0.3 is 0 Å². The molecule has 5 rings (SSSR count). The third-order valence-electron chi connectivity index (χ3n) is 6.12. The standard InChI is InChI=1S/C25H26N6S/c1-17-6-3-9-20(18(17)2)30-12-14-31(15-13-30)24-22(26)25(29-16-28-24)32-21-10-4-7-19-8-5-11-27-23(19)21/h3-11,16H,12-15,26H2,1-2H3. The maximum Gasteiger partial charge on any atom is 0.156 e. The molecule has 4 aromatic rings. The minimum absolute atomic E-state index is 0.630. The van der Waals surface area contributed by atoms with Gasteiger partial charge in [-0.25, -0.2) is 9.97 Å². The Labute approximate surface area is 192 Å². The molecule has 0 amide bonds. The number of hydrogen-bond acceptors (Lipinski definition) is 7. The van der Waals surface area contributed by atoms with Crippen molar-refractivity contribution >= 4 is 39.9 Å². The summed E-state index contributed by atoms with van der Waals surface area (Å²) in [5.41, 5.74) is 12.2. The first-order valence-corrected chi connectivity index (χ1v) is 11.6. The molecule has 6 nitrogen and oxygen atoms in total. The highest BCUT2D eigenvalue weighted by molar-refractivity contribution is 7.99. The molecule has 1 aliphatic rings. The van der Waals surface area contributed by atoms with Crippen LogP contribution in [-0.2, 0) is 0 Å². The molecule has 7 heteroatoms. The van der Waals surface area contributed by atoms with Gasteiger partial charge in [0.25, 0.3) is 0 Å². The Hall–Kier alpha value is -3.32. The molecule has 0 bridgehead atoms. The summed E-state index contributed by atoms with van der Waals surface area (Å²) in [4.78, 5) is 19.3. The van der Waals surface area contributed by atoms with Crippen LogP contribution in [0.3, 0.4) is 0 Å². The molecule has 1 saturated heterocycles. The highest BCUT2D eigenvalue weighted by Gasteiger charge is 2.23. The van der Waals surface area contributed by atoms with Crippen molar-refractivity contribution in [1.82, 2.24) is 15.0 Å². The van der Waals surface area contributed by atoms with Crippen LogP contribution >= 0.6 is 11.8 Å². The molecule has 0 spiro atoms. The lowest BCUT2D eigenvalue weighted by Gasteiger charge is -2.38. The molecule has 0 radical (unpaired) electrons. The number of aromatic nitrogens is 3. The van der Waals surface area contributed by atoms with E-state index in [-0.39, 0.29) is 0 Å². The van der Waals surface area contributed by atoms with Gasteiger partial charge in [0.1, 0.15) is 17.0 Å². The summed E-state index contributed by atoms with van der Waals surface area (Å²) in [7, 11) is 0. The van der Waals surface area contributed by atoms with E-state index in [1.54, 1.807) is 18.1 Å². The van der Waals surface area contributed by atoms with Gasteiger partial charge in [-0.3, -0.25) is 4.98 Å². The van der Waals surface area contributed by atoms with Crippen molar-refractivity contribution in [3.63, 3.8) is 0 Å². The molecule has 1 aliphatic heterocycles. The van der Waals surface area contributed by atoms with Gasteiger partial charge in [-0.05, 0) is 43.2 Å². The van der Waals surface area contributed by atoms with E-state index in [1.165, 1.54) is 16.8 Å². The zero-order chi connectivity index (χ0) is 22.1. The first-order valence-electron chi connectivity index (χ1n) is 10.8. The summed E-state index contributed by atoms with van der Waals surface area (Å²) in [5.74, 6) is 0.816. The maximum absolute atomic E-state index is 6.57. The van der Waals surface area contributed by atoms with Gasteiger partial charge in [-0.1, -0.05) is 42.1 Å². The number of nitrogen functional groups attached to an aromatic ring is 1. The molecule has 3 heterocycles. The number of aryl methyl sites for hydroxylation is 1. The predicted octanol–water partition coefficient (Wildman–Crippen LogP) is 4.70. The van der Waals surface area contributed by atoms with Crippen molar-refractivity contribution in [1.29, 1.82) is 0 Å². The molecule has 1 fully saturated rings. The van der Waals surface area contributed by atoms with Crippen LogP contribution in [0.25, 0.3) is 10.9 Å². The Bertz CT molecular complexity index is 1260. The summed E-state index contributed by atoms with van der Waals surface area (Å²) in [6.07, 6.45) is 3.43. The van der Waals surface area contributed by atoms with Gasteiger partial charge in [-0.15, -0.1) is 0 Å². The number of para-hydroxylation sites is 1. The van der Waals surface area contributed by atoms with Crippen molar-refractivity contribution in [3.8, 4) is 0 Å². The number of anilines is 3. The summed E-state index contributed by atoms with van der Waals surface area (Å²) < 4.78 is 0. The number of benzene rings is 2. The number of rotatable bonds is 4. The van der Waals surface area contributed by atoms with Crippen LogP contribution in [0.1, 0.15) is 11.1 Å².